The SMILES string of the molecule is CN(CC(=O)NC(c1ccc(Cl)cc1)C1CCCC1)C1CC1. The number of nitrogens with one attached hydrogen (secondary N) is 1. The van der Waals surface area contributed by atoms with E-state index in [1.54, 1.807) is 0 Å². The second-order valence-electron chi connectivity index (χ2n) is 6.79. The molecule has 3 nitrogen and oxygen atoms in total. The smallest absolute Gasteiger partial charge is 0.234 e. The van der Waals surface area contributed by atoms with Gasteiger partial charge in [-0.1, -0.05) is 36.6 Å². The van der Waals surface area contributed by atoms with E-state index in [1.165, 1.54) is 44.1 Å². The van der Waals surface area contributed by atoms with Crippen LogP contribution in [0.1, 0.15) is 50.1 Å². The van der Waals surface area contributed by atoms with Crippen molar-refractivity contribution in [1.82, 2.24) is 10.2 Å². The summed E-state index contributed by atoms with van der Waals surface area (Å²) in [4.78, 5) is 14.6. The Bertz CT molecular complexity index is 506. The highest BCUT2D eigenvalue weighted by Crippen LogP contribution is 2.36. The molecule has 2 saturated carbocycles. The Balaban J connectivity index is 1.67. The summed E-state index contributed by atoms with van der Waals surface area (Å²) in [6.07, 6.45) is 7.40. The first-order valence-corrected chi connectivity index (χ1v) is 8.76. The van der Waals surface area contributed by atoms with Crippen molar-refractivity contribution in [3.8, 4) is 0 Å². The number of carbonyl (C=O) groups is 1. The van der Waals surface area contributed by atoms with Crippen LogP contribution in [0.15, 0.2) is 24.3 Å². The quantitative estimate of drug-likeness (QED) is 0.865. The van der Waals surface area contributed by atoms with Crippen molar-refractivity contribution < 1.29 is 4.79 Å². The Labute approximate surface area is 138 Å². The number of benzene rings is 1. The minimum absolute atomic E-state index is 0.125. The van der Waals surface area contributed by atoms with Gasteiger partial charge in [-0.05, 0) is 56.3 Å². The molecule has 1 atom stereocenters. The van der Waals surface area contributed by atoms with Crippen molar-refractivity contribution in [3.63, 3.8) is 0 Å². The first-order chi connectivity index (χ1) is 10.6. The molecule has 1 unspecified atom stereocenters. The molecule has 0 spiro atoms. The molecule has 0 radical (unpaired) electrons. The fourth-order valence-electron chi connectivity index (χ4n) is 3.52. The summed E-state index contributed by atoms with van der Waals surface area (Å²) in [6.45, 7) is 0.501. The van der Waals surface area contributed by atoms with Crippen LogP contribution in [0.4, 0.5) is 0 Å². The van der Waals surface area contributed by atoms with Crippen molar-refractivity contribution in [1.29, 1.82) is 0 Å². The summed E-state index contributed by atoms with van der Waals surface area (Å²) in [5.74, 6) is 0.692. The van der Waals surface area contributed by atoms with Gasteiger partial charge in [0.05, 0.1) is 12.6 Å². The molecular formula is C18H25ClN2O. The van der Waals surface area contributed by atoms with Crippen LogP contribution < -0.4 is 5.32 Å². The van der Waals surface area contributed by atoms with E-state index in [0.717, 1.165) is 5.02 Å². The zero-order valence-corrected chi connectivity index (χ0v) is 14.0. The molecule has 1 amide bonds. The van der Waals surface area contributed by atoms with Crippen LogP contribution in [-0.2, 0) is 4.79 Å². The lowest BCUT2D eigenvalue weighted by Gasteiger charge is -2.26. The minimum Gasteiger partial charge on any atom is -0.348 e. The maximum absolute atomic E-state index is 12.4. The molecule has 0 heterocycles. The first-order valence-electron chi connectivity index (χ1n) is 8.38. The number of rotatable bonds is 6. The lowest BCUT2D eigenvalue weighted by atomic mass is 9.91. The predicted molar refractivity (Wildman–Crippen MR) is 89.9 cm³/mol. The van der Waals surface area contributed by atoms with Crippen LogP contribution in [0, 0.1) is 5.92 Å². The standard InChI is InChI=1S/C18H25ClN2O/c1-21(16-10-11-16)12-17(22)20-18(13-4-2-3-5-13)14-6-8-15(19)9-7-14/h6-9,13,16,18H,2-5,10-12H2,1H3,(H,20,22). The van der Waals surface area contributed by atoms with Crippen molar-refractivity contribution in [2.45, 2.75) is 50.6 Å². The molecule has 2 aliphatic rings. The van der Waals surface area contributed by atoms with Gasteiger partial charge in [0.2, 0.25) is 5.91 Å². The summed E-state index contributed by atoms with van der Waals surface area (Å²) in [5, 5.41) is 4.03. The summed E-state index contributed by atoms with van der Waals surface area (Å²) >= 11 is 6.00. The van der Waals surface area contributed by atoms with Gasteiger partial charge >= 0.3 is 0 Å². The second-order valence-corrected chi connectivity index (χ2v) is 7.22. The Morgan fingerprint density at radius 3 is 2.45 bits per heavy atom. The van der Waals surface area contributed by atoms with Crippen molar-refractivity contribution in [2.75, 3.05) is 13.6 Å². The second kappa shape index (κ2) is 7.01. The number of hydrogen-bond donors (Lipinski definition) is 1. The van der Waals surface area contributed by atoms with E-state index in [2.05, 4.69) is 22.3 Å². The third kappa shape index (κ3) is 4.02. The zero-order chi connectivity index (χ0) is 15.5. The Kier molecular flexibility index (Phi) is 5.04. The summed E-state index contributed by atoms with van der Waals surface area (Å²) in [5.41, 5.74) is 1.18. The molecule has 1 aromatic carbocycles. The number of likely N-dealkylation sites (N-methyl/N-ethyl adjacent to an activating group) is 1. The summed E-state index contributed by atoms with van der Waals surface area (Å²) in [7, 11) is 2.05. The molecule has 4 heteroatoms. The first kappa shape index (κ1) is 15.8. The minimum atomic E-state index is 0.125. The fraction of sp³-hybridized carbons (Fsp3) is 0.611. The van der Waals surface area contributed by atoms with Gasteiger partial charge < -0.3 is 5.32 Å². The highest BCUT2D eigenvalue weighted by Gasteiger charge is 2.30. The van der Waals surface area contributed by atoms with Gasteiger partial charge in [0.25, 0.3) is 0 Å². The zero-order valence-electron chi connectivity index (χ0n) is 13.2. The molecule has 0 bridgehead atoms. The molecule has 1 aromatic rings. The molecule has 0 aromatic heterocycles. The van der Waals surface area contributed by atoms with E-state index in [-0.39, 0.29) is 11.9 Å². The molecule has 2 aliphatic carbocycles. The highest BCUT2D eigenvalue weighted by molar-refractivity contribution is 6.30. The van der Waals surface area contributed by atoms with Gasteiger partial charge in [-0.3, -0.25) is 9.69 Å². The highest BCUT2D eigenvalue weighted by atomic mass is 35.5. The maximum Gasteiger partial charge on any atom is 0.234 e. The van der Waals surface area contributed by atoms with E-state index < -0.39 is 0 Å². The van der Waals surface area contributed by atoms with Gasteiger partial charge in [-0.25, -0.2) is 0 Å². The molecule has 22 heavy (non-hydrogen) atoms. The normalized spacial score (nSPS) is 20.3. The summed E-state index contributed by atoms with van der Waals surface area (Å²) < 4.78 is 0. The van der Waals surface area contributed by atoms with Crippen molar-refractivity contribution in [3.05, 3.63) is 34.9 Å². The molecular weight excluding hydrogens is 296 g/mol. The fourth-order valence-corrected chi connectivity index (χ4v) is 3.65. The van der Waals surface area contributed by atoms with Gasteiger partial charge in [-0.2, -0.15) is 0 Å². The third-order valence-electron chi connectivity index (χ3n) is 4.98. The lowest BCUT2D eigenvalue weighted by Crippen LogP contribution is -2.40. The van der Waals surface area contributed by atoms with Gasteiger partial charge in [-0.15, -0.1) is 0 Å². The van der Waals surface area contributed by atoms with Crippen LogP contribution in [-0.4, -0.2) is 30.4 Å². The van der Waals surface area contributed by atoms with Crippen LogP contribution in [0.5, 0.6) is 0 Å². The van der Waals surface area contributed by atoms with Crippen LogP contribution in [0.3, 0.4) is 0 Å². The Morgan fingerprint density at radius 1 is 1.23 bits per heavy atom. The number of nitrogens with zero attached hydrogens (tertiary/aromatic N) is 1. The van der Waals surface area contributed by atoms with Crippen LogP contribution in [0.2, 0.25) is 5.02 Å². The predicted octanol–water partition coefficient (Wildman–Crippen LogP) is 3.78. The van der Waals surface area contributed by atoms with E-state index in [0.29, 0.717) is 18.5 Å². The van der Waals surface area contributed by atoms with Gasteiger partial charge in [0, 0.05) is 11.1 Å². The van der Waals surface area contributed by atoms with Crippen LogP contribution in [0.25, 0.3) is 0 Å². The topological polar surface area (TPSA) is 32.3 Å². The van der Waals surface area contributed by atoms with E-state index >= 15 is 0 Å². The molecule has 0 aliphatic heterocycles. The number of hydrogen-bond acceptors (Lipinski definition) is 2. The monoisotopic (exact) mass is 320 g/mol. The largest absolute Gasteiger partial charge is 0.348 e. The lowest BCUT2D eigenvalue weighted by molar-refractivity contribution is -0.123. The average Bonchev–Trinajstić information content (AvgIpc) is 3.22. The van der Waals surface area contributed by atoms with E-state index in [9.17, 15) is 4.79 Å². The molecule has 1 N–H and O–H groups in total. The molecule has 120 valence electrons. The van der Waals surface area contributed by atoms with E-state index in [4.69, 9.17) is 11.6 Å². The molecule has 2 fully saturated rings. The number of carbonyl (C=O) groups excluding carboxylic acids is 1. The maximum atomic E-state index is 12.4. The molecule has 3 rings (SSSR count). The van der Waals surface area contributed by atoms with Crippen molar-refractivity contribution in [2.24, 2.45) is 5.92 Å². The Morgan fingerprint density at radius 2 is 1.86 bits per heavy atom. The average molecular weight is 321 g/mol. The Hall–Kier alpha value is -1.06. The van der Waals surface area contributed by atoms with Crippen LogP contribution >= 0.6 is 11.6 Å². The number of halogens is 1. The van der Waals surface area contributed by atoms with E-state index in [1.807, 2.05) is 19.2 Å². The van der Waals surface area contributed by atoms with Crippen molar-refractivity contribution >= 4 is 17.5 Å². The van der Waals surface area contributed by atoms with Gasteiger partial charge in [0.1, 0.15) is 0 Å². The third-order valence-corrected chi connectivity index (χ3v) is 5.23. The summed E-state index contributed by atoms with van der Waals surface area (Å²) in [6, 6.07) is 8.68. The number of amides is 1. The van der Waals surface area contributed by atoms with Gasteiger partial charge in [0.15, 0.2) is 0 Å². The molecule has 0 saturated heterocycles.